The molecule has 0 aromatic carbocycles. The number of hydrogen-bond donors (Lipinski definition) is 2. The molecule has 0 saturated carbocycles. The number of nitrogens with one attached hydrogen (secondary N) is 2. The number of rotatable bonds is 5. The zero-order chi connectivity index (χ0) is 15.2. The van der Waals surface area contributed by atoms with E-state index in [1.165, 1.54) is 4.31 Å². The normalized spacial score (nSPS) is 19.6. The molecule has 1 saturated heterocycles. The van der Waals surface area contributed by atoms with Crippen molar-refractivity contribution >= 4 is 16.1 Å². The lowest BCUT2D eigenvalue weighted by atomic mass is 9.97. The number of carbonyl (C=O) groups excluding carboxylic acids is 1. The first-order chi connectivity index (χ1) is 9.21. The first kappa shape index (κ1) is 17.2. The van der Waals surface area contributed by atoms with Crippen molar-refractivity contribution in [2.45, 2.75) is 40.0 Å². The summed E-state index contributed by atoms with van der Waals surface area (Å²) >= 11 is 0. The molecule has 0 aromatic rings. The zero-order valence-electron chi connectivity index (χ0n) is 12.7. The van der Waals surface area contributed by atoms with E-state index in [-0.39, 0.29) is 17.2 Å². The van der Waals surface area contributed by atoms with Crippen molar-refractivity contribution in [3.05, 3.63) is 0 Å². The predicted octanol–water partition coefficient (Wildman–Crippen LogP) is 1.15. The molecule has 1 heterocycles. The molecule has 0 unspecified atom stereocenters. The standard InChI is InChI=1S/C13H27N3O3S/c1-13(2,3)11-15-12(17)14-7-6-9-16-8-4-5-10-20(16,18)19/h4-11H2,1-3H3,(H2,14,15,17). The van der Waals surface area contributed by atoms with Gasteiger partial charge in [-0.3, -0.25) is 0 Å². The molecular formula is C13H27N3O3S. The molecular weight excluding hydrogens is 278 g/mol. The maximum atomic E-state index is 11.7. The van der Waals surface area contributed by atoms with Crippen LogP contribution in [0.5, 0.6) is 0 Å². The van der Waals surface area contributed by atoms with Gasteiger partial charge in [-0.25, -0.2) is 17.5 Å². The summed E-state index contributed by atoms with van der Waals surface area (Å²) in [6, 6.07) is -0.193. The molecule has 6 nitrogen and oxygen atoms in total. The van der Waals surface area contributed by atoms with E-state index in [0.717, 1.165) is 12.8 Å². The van der Waals surface area contributed by atoms with Crippen molar-refractivity contribution in [2.24, 2.45) is 5.41 Å². The first-order valence-electron chi connectivity index (χ1n) is 7.20. The highest BCUT2D eigenvalue weighted by Crippen LogP contribution is 2.13. The summed E-state index contributed by atoms with van der Waals surface area (Å²) < 4.78 is 25.0. The number of sulfonamides is 1. The minimum Gasteiger partial charge on any atom is -0.338 e. The summed E-state index contributed by atoms with van der Waals surface area (Å²) in [5.74, 6) is 0.256. The fraction of sp³-hybridized carbons (Fsp3) is 0.923. The fourth-order valence-electron chi connectivity index (χ4n) is 1.96. The Balaban J connectivity index is 2.17. The topological polar surface area (TPSA) is 78.5 Å². The second-order valence-corrected chi connectivity index (χ2v) is 8.53. The van der Waals surface area contributed by atoms with Gasteiger partial charge >= 0.3 is 6.03 Å². The van der Waals surface area contributed by atoms with Crippen molar-refractivity contribution in [1.29, 1.82) is 0 Å². The Morgan fingerprint density at radius 2 is 1.90 bits per heavy atom. The van der Waals surface area contributed by atoms with Crippen LogP contribution in [-0.2, 0) is 10.0 Å². The highest BCUT2D eigenvalue weighted by atomic mass is 32.2. The van der Waals surface area contributed by atoms with E-state index < -0.39 is 10.0 Å². The van der Waals surface area contributed by atoms with E-state index in [2.05, 4.69) is 31.4 Å². The monoisotopic (exact) mass is 305 g/mol. The molecule has 7 heteroatoms. The molecule has 2 N–H and O–H groups in total. The molecule has 0 bridgehead atoms. The summed E-state index contributed by atoms with van der Waals surface area (Å²) in [6.07, 6.45) is 2.33. The van der Waals surface area contributed by atoms with Gasteiger partial charge in [0.2, 0.25) is 10.0 Å². The van der Waals surface area contributed by atoms with E-state index in [4.69, 9.17) is 0 Å². The minimum absolute atomic E-state index is 0.0548. The SMILES string of the molecule is CC(C)(C)CNC(=O)NCCCN1CCCCS1(=O)=O. The summed E-state index contributed by atoms with van der Waals surface area (Å²) in [6.45, 7) is 8.35. The van der Waals surface area contributed by atoms with Gasteiger partial charge in [0.25, 0.3) is 0 Å². The summed E-state index contributed by atoms with van der Waals surface area (Å²) in [7, 11) is -3.05. The maximum absolute atomic E-state index is 11.7. The lowest BCUT2D eigenvalue weighted by molar-refractivity contribution is 0.235. The van der Waals surface area contributed by atoms with Crippen molar-refractivity contribution < 1.29 is 13.2 Å². The molecule has 1 aliphatic rings. The van der Waals surface area contributed by atoms with Crippen molar-refractivity contribution in [3.8, 4) is 0 Å². The van der Waals surface area contributed by atoms with Crippen LogP contribution in [0.25, 0.3) is 0 Å². The zero-order valence-corrected chi connectivity index (χ0v) is 13.6. The van der Waals surface area contributed by atoms with Crippen molar-refractivity contribution in [1.82, 2.24) is 14.9 Å². The Bertz CT molecular complexity index is 415. The smallest absolute Gasteiger partial charge is 0.314 e. The third-order valence-electron chi connectivity index (χ3n) is 3.10. The van der Waals surface area contributed by atoms with Crippen LogP contribution in [0.15, 0.2) is 0 Å². The Kier molecular flexibility index (Phi) is 6.26. The number of hydrogen-bond acceptors (Lipinski definition) is 3. The number of carbonyl (C=O) groups is 1. The molecule has 0 atom stereocenters. The molecule has 1 fully saturated rings. The van der Waals surface area contributed by atoms with Crippen LogP contribution < -0.4 is 10.6 Å². The molecule has 1 rings (SSSR count). The molecule has 2 amide bonds. The molecule has 0 aromatic heterocycles. The van der Waals surface area contributed by atoms with Gasteiger partial charge in [0.15, 0.2) is 0 Å². The van der Waals surface area contributed by atoms with E-state index in [9.17, 15) is 13.2 Å². The summed E-state index contributed by atoms with van der Waals surface area (Å²) in [5, 5.41) is 5.55. The van der Waals surface area contributed by atoms with Gasteiger partial charge in [-0.1, -0.05) is 20.8 Å². The molecule has 0 spiro atoms. The average molecular weight is 305 g/mol. The highest BCUT2D eigenvalue weighted by molar-refractivity contribution is 7.89. The third-order valence-corrected chi connectivity index (χ3v) is 5.06. The fourth-order valence-corrected chi connectivity index (χ4v) is 3.60. The summed E-state index contributed by atoms with van der Waals surface area (Å²) in [4.78, 5) is 11.5. The second-order valence-electron chi connectivity index (χ2n) is 6.45. The summed E-state index contributed by atoms with van der Waals surface area (Å²) in [5.41, 5.74) is 0.0548. The van der Waals surface area contributed by atoms with Crippen molar-refractivity contribution in [2.75, 3.05) is 31.9 Å². The maximum Gasteiger partial charge on any atom is 0.314 e. The number of nitrogens with zero attached hydrogens (tertiary/aromatic N) is 1. The first-order valence-corrected chi connectivity index (χ1v) is 8.81. The molecule has 0 radical (unpaired) electrons. The predicted molar refractivity (Wildman–Crippen MR) is 80.1 cm³/mol. The van der Waals surface area contributed by atoms with Crippen molar-refractivity contribution in [3.63, 3.8) is 0 Å². The van der Waals surface area contributed by atoms with E-state index >= 15 is 0 Å². The van der Waals surface area contributed by atoms with Crippen LogP contribution in [0.1, 0.15) is 40.0 Å². The van der Waals surface area contributed by atoms with Crippen LogP contribution >= 0.6 is 0 Å². The Labute approximate surface area is 122 Å². The Morgan fingerprint density at radius 1 is 1.20 bits per heavy atom. The lowest BCUT2D eigenvalue weighted by Crippen LogP contribution is -2.42. The van der Waals surface area contributed by atoms with Crippen LogP contribution in [-0.4, -0.2) is 50.7 Å². The van der Waals surface area contributed by atoms with Gasteiger partial charge in [0, 0.05) is 26.2 Å². The molecule has 20 heavy (non-hydrogen) atoms. The van der Waals surface area contributed by atoms with Crippen LogP contribution in [0.3, 0.4) is 0 Å². The Hall–Kier alpha value is -0.820. The van der Waals surface area contributed by atoms with Gasteiger partial charge in [0.1, 0.15) is 0 Å². The van der Waals surface area contributed by atoms with E-state index in [1.54, 1.807) is 0 Å². The van der Waals surface area contributed by atoms with Crippen LogP contribution in [0.2, 0.25) is 0 Å². The van der Waals surface area contributed by atoms with Crippen LogP contribution in [0, 0.1) is 5.41 Å². The van der Waals surface area contributed by atoms with E-state index in [0.29, 0.717) is 32.6 Å². The molecule has 1 aliphatic heterocycles. The number of amides is 2. The van der Waals surface area contributed by atoms with Gasteiger partial charge in [-0.05, 0) is 24.7 Å². The second kappa shape index (κ2) is 7.26. The van der Waals surface area contributed by atoms with Gasteiger partial charge in [0.05, 0.1) is 5.75 Å². The van der Waals surface area contributed by atoms with Gasteiger partial charge in [-0.2, -0.15) is 0 Å². The number of urea groups is 1. The Morgan fingerprint density at radius 3 is 2.50 bits per heavy atom. The lowest BCUT2D eigenvalue weighted by Gasteiger charge is -2.26. The van der Waals surface area contributed by atoms with Crippen LogP contribution in [0.4, 0.5) is 4.79 Å². The quantitative estimate of drug-likeness (QED) is 0.748. The molecule has 118 valence electrons. The van der Waals surface area contributed by atoms with Gasteiger partial charge in [-0.15, -0.1) is 0 Å². The van der Waals surface area contributed by atoms with E-state index in [1.807, 2.05) is 0 Å². The van der Waals surface area contributed by atoms with Gasteiger partial charge < -0.3 is 10.6 Å². The minimum atomic E-state index is -3.05. The molecule has 0 aliphatic carbocycles. The average Bonchev–Trinajstić information content (AvgIpc) is 2.32. The highest BCUT2D eigenvalue weighted by Gasteiger charge is 2.24. The largest absolute Gasteiger partial charge is 0.338 e. The third kappa shape index (κ3) is 6.56.